The molecule has 4 atom stereocenters. The molecule has 0 bridgehead atoms. The molecule has 2 aliphatic rings. The van der Waals surface area contributed by atoms with Gasteiger partial charge in [-0.15, -0.1) is 22.7 Å². The van der Waals surface area contributed by atoms with Gasteiger partial charge in [0.25, 0.3) is 11.8 Å². The number of amides is 2. The number of ether oxygens (including phenoxy) is 2. The highest BCUT2D eigenvalue weighted by atomic mass is 32.1. The number of allylic oxidation sites excluding steroid dienone is 1. The van der Waals surface area contributed by atoms with Crippen LogP contribution in [0, 0.1) is 5.92 Å². The fourth-order valence-electron chi connectivity index (χ4n) is 8.89. The van der Waals surface area contributed by atoms with Crippen molar-refractivity contribution >= 4 is 66.3 Å². The Labute approximate surface area is 384 Å². The molecule has 4 N–H and O–H groups in total. The third-order valence-electron chi connectivity index (χ3n) is 11.4. The summed E-state index contributed by atoms with van der Waals surface area (Å²) in [6.45, 7) is 12.8. The van der Waals surface area contributed by atoms with E-state index in [9.17, 15) is 19.8 Å². The van der Waals surface area contributed by atoms with E-state index < -0.39 is 11.2 Å². The second-order valence-electron chi connectivity index (χ2n) is 18.1. The van der Waals surface area contributed by atoms with Gasteiger partial charge in [-0.3, -0.25) is 19.6 Å². The van der Waals surface area contributed by atoms with Crippen molar-refractivity contribution in [3.63, 3.8) is 0 Å². The normalized spacial score (nSPS) is 17.3. The van der Waals surface area contributed by atoms with Crippen molar-refractivity contribution in [1.82, 2.24) is 20.6 Å². The molecule has 0 saturated heterocycles. The highest BCUT2D eigenvalue weighted by Gasteiger charge is 2.33. The quantitative estimate of drug-likeness (QED) is 0.0927. The van der Waals surface area contributed by atoms with Crippen molar-refractivity contribution in [1.29, 1.82) is 0 Å². The number of para-hydroxylation sites is 2. The van der Waals surface area contributed by atoms with Crippen molar-refractivity contribution < 1.29 is 29.3 Å². The highest BCUT2D eigenvalue weighted by Crippen LogP contribution is 2.44. The number of carbonyl (C=O) groups is 2. The van der Waals surface area contributed by atoms with Crippen molar-refractivity contribution in [2.45, 2.75) is 84.1 Å². The maximum atomic E-state index is 13.5. The van der Waals surface area contributed by atoms with Crippen molar-refractivity contribution in [2.75, 3.05) is 51.2 Å². The Morgan fingerprint density at radius 2 is 1.19 bits per heavy atom. The average Bonchev–Trinajstić information content (AvgIpc) is 3.84. The van der Waals surface area contributed by atoms with Crippen molar-refractivity contribution in [2.24, 2.45) is 5.92 Å². The summed E-state index contributed by atoms with van der Waals surface area (Å²) in [5, 5.41) is 28.8. The Morgan fingerprint density at radius 3 is 1.62 bits per heavy atom. The molecule has 0 aliphatic carbocycles. The molecular weight excluding hydrogens is 845 g/mol. The van der Waals surface area contributed by atoms with Crippen LogP contribution in [0.5, 0.6) is 11.5 Å². The predicted molar refractivity (Wildman–Crippen MR) is 259 cm³/mol. The zero-order valence-corrected chi connectivity index (χ0v) is 40.0. The number of rotatable bonds is 11. The Morgan fingerprint density at radius 1 is 0.750 bits per heavy atom. The second-order valence-corrected chi connectivity index (χ2v) is 20.1. The van der Waals surface area contributed by atoms with E-state index in [2.05, 4.69) is 34.4 Å². The molecule has 2 unspecified atom stereocenters. The number of aliphatic hydroxyl groups is 2. The predicted octanol–water partition coefficient (Wildman–Crippen LogP) is 9.66. The lowest BCUT2D eigenvalue weighted by atomic mass is 9.87. The molecular formula is C50H60N6O6S2. The van der Waals surface area contributed by atoms with E-state index in [4.69, 9.17) is 9.47 Å². The largest absolute Gasteiger partial charge is 0.493 e. The molecule has 0 radical (unpaired) electrons. The van der Waals surface area contributed by atoms with Crippen LogP contribution in [-0.4, -0.2) is 73.4 Å². The number of nitrogens with one attached hydrogen (secondary N) is 2. The van der Waals surface area contributed by atoms with Crippen LogP contribution in [0.3, 0.4) is 0 Å². The van der Waals surface area contributed by atoms with E-state index in [0.717, 1.165) is 77.6 Å². The van der Waals surface area contributed by atoms with Crippen LogP contribution in [0.25, 0.3) is 20.4 Å². The molecule has 14 heteroatoms. The maximum absolute atomic E-state index is 13.5. The fourth-order valence-corrected chi connectivity index (χ4v) is 11.6. The van der Waals surface area contributed by atoms with Gasteiger partial charge in [0.1, 0.15) is 37.9 Å². The van der Waals surface area contributed by atoms with Gasteiger partial charge in [0.2, 0.25) is 0 Å². The minimum Gasteiger partial charge on any atom is -0.493 e. The molecule has 4 aromatic heterocycles. The molecule has 8 rings (SSSR count). The zero-order chi connectivity index (χ0) is 46.1. The summed E-state index contributed by atoms with van der Waals surface area (Å²) in [7, 11) is 7.65. The van der Waals surface area contributed by atoms with Crippen LogP contribution >= 0.6 is 22.7 Å². The Bertz CT molecular complexity index is 2700. The number of carbonyl (C=O) groups excluding carboxylic acids is 2. The average molecular weight is 905 g/mol. The topological polar surface area (TPSA) is 149 Å². The van der Waals surface area contributed by atoms with Gasteiger partial charge in [-0.25, -0.2) is 0 Å². The van der Waals surface area contributed by atoms with Crippen LogP contribution in [0.1, 0.15) is 114 Å². The van der Waals surface area contributed by atoms with E-state index in [1.54, 1.807) is 19.3 Å². The van der Waals surface area contributed by atoms with Gasteiger partial charge in [-0.05, 0) is 64.3 Å². The van der Waals surface area contributed by atoms with Crippen molar-refractivity contribution in [3.8, 4) is 11.5 Å². The summed E-state index contributed by atoms with van der Waals surface area (Å²) >= 11 is 2.78. The van der Waals surface area contributed by atoms with Gasteiger partial charge in [-0.1, -0.05) is 61.9 Å². The van der Waals surface area contributed by atoms with E-state index in [0.29, 0.717) is 41.7 Å². The molecule has 2 amide bonds. The summed E-state index contributed by atoms with van der Waals surface area (Å²) in [4.78, 5) is 41.2. The van der Waals surface area contributed by atoms with Crippen LogP contribution in [0.2, 0.25) is 0 Å². The molecule has 338 valence electrons. The molecule has 6 heterocycles. The van der Waals surface area contributed by atoms with Gasteiger partial charge in [-0.2, -0.15) is 0 Å². The van der Waals surface area contributed by atoms with E-state index in [1.807, 2.05) is 126 Å². The second kappa shape index (κ2) is 18.9. The fraction of sp³-hybridized carbons (Fsp3) is 0.400. The smallest absolute Gasteiger partial charge is 0.264 e. The molecule has 12 nitrogen and oxygen atoms in total. The van der Waals surface area contributed by atoms with E-state index in [1.165, 1.54) is 22.7 Å². The molecule has 0 fully saturated rings. The number of fused-ring (bicyclic) bond motifs is 4. The molecule has 2 aliphatic heterocycles. The number of anilines is 2. The standard InChI is InChI=1S/C25H31N3O3S.C25H29N3O3S/c2*1-15(2)14-25(3,30)17-10-12-26-20-21(28(4)5)23(32-22(17)20)24(29)27-18-11-13-31-19-9-7-6-8-16(18)19/h6-10,12,15,18,30H,11,13-14H2,1-5H3,(H,27,29);6-10,12,14,18,30H,11,13H2,1-5H3,(H,27,29)/t2*18-,25?/m00/s1. The number of hydrogen-bond donors (Lipinski definition) is 4. The van der Waals surface area contributed by atoms with Gasteiger partial charge in [0.05, 0.1) is 51.7 Å². The lowest BCUT2D eigenvalue weighted by Crippen LogP contribution is -2.32. The van der Waals surface area contributed by atoms with Crippen molar-refractivity contribution in [3.05, 3.63) is 117 Å². The number of thiophene rings is 2. The number of hydrogen-bond acceptors (Lipinski definition) is 12. The minimum absolute atomic E-state index is 0.107. The Hall–Kier alpha value is -5.54. The number of nitrogens with zero attached hydrogens (tertiary/aromatic N) is 4. The van der Waals surface area contributed by atoms with Gasteiger partial charge >= 0.3 is 0 Å². The molecule has 0 spiro atoms. The van der Waals surface area contributed by atoms with Gasteiger partial charge in [0.15, 0.2) is 0 Å². The van der Waals surface area contributed by atoms with Crippen LogP contribution < -0.4 is 29.9 Å². The number of benzene rings is 2. The minimum atomic E-state index is -1.16. The summed E-state index contributed by atoms with van der Waals surface area (Å²) in [5.74, 6) is 1.69. The Balaban J connectivity index is 0.000000191. The number of aromatic nitrogens is 2. The van der Waals surface area contributed by atoms with Crippen LogP contribution in [-0.2, 0) is 11.2 Å². The zero-order valence-electron chi connectivity index (χ0n) is 38.4. The number of pyridine rings is 2. The van der Waals surface area contributed by atoms with Crippen LogP contribution in [0.15, 0.2) is 84.7 Å². The first-order valence-electron chi connectivity index (χ1n) is 21.7. The van der Waals surface area contributed by atoms with Gasteiger partial charge < -0.3 is 40.1 Å². The lowest BCUT2D eigenvalue weighted by Gasteiger charge is -2.26. The van der Waals surface area contributed by atoms with E-state index in [-0.39, 0.29) is 23.9 Å². The lowest BCUT2D eigenvalue weighted by molar-refractivity contribution is 0.0364. The molecule has 0 saturated carbocycles. The SMILES string of the molecule is CC(C)=CC(C)(O)c1ccnc2c(N(C)C)c(C(=O)N[C@H]3CCOc4ccccc43)sc12.CC(C)CC(C)(O)c1ccnc2c(N(C)C)c(C(=O)N[C@H]3CCOc4ccccc43)sc12. The first-order chi connectivity index (χ1) is 30.4. The van der Waals surface area contributed by atoms with Crippen LogP contribution in [0.4, 0.5) is 11.4 Å². The third-order valence-corrected chi connectivity index (χ3v) is 13.8. The summed E-state index contributed by atoms with van der Waals surface area (Å²) < 4.78 is 13.2. The first kappa shape index (κ1) is 46.5. The Kier molecular flexibility index (Phi) is 13.7. The highest BCUT2D eigenvalue weighted by molar-refractivity contribution is 7.22. The maximum Gasteiger partial charge on any atom is 0.264 e. The third kappa shape index (κ3) is 9.61. The summed E-state index contributed by atoms with van der Waals surface area (Å²) in [6.07, 6.45) is 7.31. The summed E-state index contributed by atoms with van der Waals surface area (Å²) in [5.41, 5.74) is 5.41. The molecule has 64 heavy (non-hydrogen) atoms. The first-order valence-corrected chi connectivity index (χ1v) is 23.4. The molecule has 6 aromatic rings. The molecule has 2 aromatic carbocycles. The van der Waals surface area contributed by atoms with E-state index >= 15 is 0 Å². The monoisotopic (exact) mass is 904 g/mol. The van der Waals surface area contributed by atoms with Gasteiger partial charge in [0, 0.05) is 75.7 Å². The summed E-state index contributed by atoms with van der Waals surface area (Å²) in [6, 6.07) is 19.1.